The molecule has 4 heteroatoms. The van der Waals surface area contributed by atoms with Gasteiger partial charge in [-0.1, -0.05) is 12.1 Å². The van der Waals surface area contributed by atoms with Crippen molar-refractivity contribution in [2.45, 2.75) is 45.4 Å². The van der Waals surface area contributed by atoms with Crippen LogP contribution in [0.25, 0.3) is 5.69 Å². The SMILES string of the molecule is COC(C)(C)CC(C)NCc1cccc(-n2cccn2)c1. The van der Waals surface area contributed by atoms with Crippen LogP contribution < -0.4 is 5.32 Å². The van der Waals surface area contributed by atoms with Crippen molar-refractivity contribution in [1.82, 2.24) is 15.1 Å². The Kier molecular flexibility index (Phi) is 5.15. The lowest BCUT2D eigenvalue weighted by atomic mass is 9.99. The highest BCUT2D eigenvalue weighted by atomic mass is 16.5. The third kappa shape index (κ3) is 4.69. The smallest absolute Gasteiger partial charge is 0.0648 e. The number of rotatable bonds is 7. The Morgan fingerprint density at radius 2 is 2.14 bits per heavy atom. The Hall–Kier alpha value is -1.65. The van der Waals surface area contributed by atoms with Crippen molar-refractivity contribution in [3.63, 3.8) is 0 Å². The van der Waals surface area contributed by atoms with Crippen LogP contribution in [0.5, 0.6) is 0 Å². The first kappa shape index (κ1) is 15.7. The average Bonchev–Trinajstić information content (AvgIpc) is 2.99. The van der Waals surface area contributed by atoms with Gasteiger partial charge in [-0.05, 0) is 51.0 Å². The van der Waals surface area contributed by atoms with E-state index in [1.54, 1.807) is 13.3 Å². The molecule has 1 atom stereocenters. The summed E-state index contributed by atoms with van der Waals surface area (Å²) in [5.41, 5.74) is 2.25. The molecule has 0 aliphatic heterocycles. The molecule has 0 saturated carbocycles. The number of hydrogen-bond acceptors (Lipinski definition) is 3. The lowest BCUT2D eigenvalue weighted by Crippen LogP contribution is -2.35. The van der Waals surface area contributed by atoms with Crippen LogP contribution in [0.1, 0.15) is 32.8 Å². The molecule has 0 radical (unpaired) electrons. The summed E-state index contributed by atoms with van der Waals surface area (Å²) in [4.78, 5) is 0. The molecule has 1 heterocycles. The maximum Gasteiger partial charge on any atom is 0.0648 e. The van der Waals surface area contributed by atoms with Gasteiger partial charge in [-0.25, -0.2) is 4.68 Å². The number of aromatic nitrogens is 2. The monoisotopic (exact) mass is 287 g/mol. The van der Waals surface area contributed by atoms with Crippen molar-refractivity contribution in [2.24, 2.45) is 0 Å². The largest absolute Gasteiger partial charge is 0.379 e. The Bertz CT molecular complexity index is 549. The van der Waals surface area contributed by atoms with Gasteiger partial charge in [-0.3, -0.25) is 0 Å². The third-order valence-electron chi connectivity index (χ3n) is 3.68. The maximum absolute atomic E-state index is 5.48. The second-order valence-corrected chi connectivity index (χ2v) is 6.07. The first-order valence-corrected chi connectivity index (χ1v) is 7.38. The highest BCUT2D eigenvalue weighted by Gasteiger charge is 2.19. The topological polar surface area (TPSA) is 39.1 Å². The highest BCUT2D eigenvalue weighted by molar-refractivity contribution is 5.34. The lowest BCUT2D eigenvalue weighted by Gasteiger charge is -2.27. The van der Waals surface area contributed by atoms with Gasteiger partial charge in [-0.15, -0.1) is 0 Å². The minimum atomic E-state index is -0.0939. The Labute approximate surface area is 127 Å². The number of benzene rings is 1. The molecule has 2 aromatic rings. The van der Waals surface area contributed by atoms with Crippen LogP contribution in [-0.2, 0) is 11.3 Å². The predicted octanol–water partition coefficient (Wildman–Crippen LogP) is 3.17. The van der Waals surface area contributed by atoms with Crippen LogP contribution in [0.2, 0.25) is 0 Å². The van der Waals surface area contributed by atoms with Gasteiger partial charge in [0.2, 0.25) is 0 Å². The van der Waals surface area contributed by atoms with Gasteiger partial charge in [-0.2, -0.15) is 5.10 Å². The molecule has 0 spiro atoms. The van der Waals surface area contributed by atoms with E-state index in [2.05, 4.69) is 55.5 Å². The summed E-state index contributed by atoms with van der Waals surface area (Å²) in [6, 6.07) is 10.8. The second kappa shape index (κ2) is 6.87. The summed E-state index contributed by atoms with van der Waals surface area (Å²) in [5.74, 6) is 0. The summed E-state index contributed by atoms with van der Waals surface area (Å²) < 4.78 is 7.35. The molecule has 2 rings (SSSR count). The van der Waals surface area contributed by atoms with Crippen molar-refractivity contribution >= 4 is 0 Å². The predicted molar refractivity (Wildman–Crippen MR) is 85.6 cm³/mol. The molecule has 21 heavy (non-hydrogen) atoms. The van der Waals surface area contributed by atoms with Gasteiger partial charge in [0.15, 0.2) is 0 Å². The second-order valence-electron chi connectivity index (χ2n) is 6.07. The molecular formula is C17H25N3O. The summed E-state index contributed by atoms with van der Waals surface area (Å²) in [7, 11) is 1.76. The van der Waals surface area contributed by atoms with Crippen LogP contribution in [0.15, 0.2) is 42.7 Å². The third-order valence-corrected chi connectivity index (χ3v) is 3.68. The van der Waals surface area contributed by atoms with E-state index in [-0.39, 0.29) is 5.60 Å². The fraction of sp³-hybridized carbons (Fsp3) is 0.471. The molecule has 0 aliphatic rings. The van der Waals surface area contributed by atoms with Gasteiger partial charge < -0.3 is 10.1 Å². The summed E-state index contributed by atoms with van der Waals surface area (Å²) in [6.45, 7) is 7.27. The van der Waals surface area contributed by atoms with E-state index in [4.69, 9.17) is 4.74 Å². The highest BCUT2D eigenvalue weighted by Crippen LogP contribution is 2.16. The van der Waals surface area contributed by atoms with Gasteiger partial charge in [0.05, 0.1) is 11.3 Å². The fourth-order valence-corrected chi connectivity index (χ4v) is 2.42. The van der Waals surface area contributed by atoms with Crippen molar-refractivity contribution in [1.29, 1.82) is 0 Å². The Morgan fingerprint density at radius 3 is 2.81 bits per heavy atom. The van der Waals surface area contributed by atoms with Gasteiger partial charge in [0.25, 0.3) is 0 Å². The quantitative estimate of drug-likeness (QED) is 0.850. The molecule has 1 N–H and O–H groups in total. The molecular weight excluding hydrogens is 262 g/mol. The standard InChI is InChI=1S/C17H25N3O/c1-14(12-17(2,3)21-4)18-13-15-7-5-8-16(11-15)20-10-6-9-19-20/h5-11,14,18H,12-13H2,1-4H3. The zero-order valence-corrected chi connectivity index (χ0v) is 13.3. The van der Waals surface area contributed by atoms with E-state index in [0.29, 0.717) is 6.04 Å². The van der Waals surface area contributed by atoms with Gasteiger partial charge in [0, 0.05) is 32.1 Å². The van der Waals surface area contributed by atoms with E-state index in [1.807, 2.05) is 16.9 Å². The van der Waals surface area contributed by atoms with Crippen LogP contribution in [0, 0.1) is 0 Å². The number of methoxy groups -OCH3 is 1. The van der Waals surface area contributed by atoms with E-state index in [1.165, 1.54) is 5.56 Å². The average molecular weight is 287 g/mol. The summed E-state index contributed by atoms with van der Waals surface area (Å²) in [6.07, 6.45) is 4.72. The molecule has 0 amide bonds. The molecule has 114 valence electrons. The minimum absolute atomic E-state index is 0.0939. The first-order chi connectivity index (χ1) is 10.00. The van der Waals surface area contributed by atoms with Crippen LogP contribution in [0.4, 0.5) is 0 Å². The van der Waals surface area contributed by atoms with Crippen LogP contribution in [-0.4, -0.2) is 28.5 Å². The number of hydrogen-bond donors (Lipinski definition) is 1. The number of ether oxygens (including phenoxy) is 1. The minimum Gasteiger partial charge on any atom is -0.379 e. The molecule has 4 nitrogen and oxygen atoms in total. The lowest BCUT2D eigenvalue weighted by molar-refractivity contribution is 0.00844. The van der Waals surface area contributed by atoms with Crippen molar-refractivity contribution in [3.8, 4) is 5.69 Å². The fourth-order valence-electron chi connectivity index (χ4n) is 2.42. The molecule has 1 aromatic heterocycles. The maximum atomic E-state index is 5.48. The van der Waals surface area contributed by atoms with E-state index >= 15 is 0 Å². The molecule has 1 aromatic carbocycles. The van der Waals surface area contributed by atoms with Crippen LogP contribution >= 0.6 is 0 Å². The number of nitrogens with zero attached hydrogens (tertiary/aromatic N) is 2. The van der Waals surface area contributed by atoms with Crippen molar-refractivity contribution < 1.29 is 4.74 Å². The zero-order valence-electron chi connectivity index (χ0n) is 13.3. The van der Waals surface area contributed by atoms with Crippen molar-refractivity contribution in [2.75, 3.05) is 7.11 Å². The van der Waals surface area contributed by atoms with E-state index < -0.39 is 0 Å². The normalized spacial score (nSPS) is 13.3. The molecule has 1 unspecified atom stereocenters. The summed E-state index contributed by atoms with van der Waals surface area (Å²) in [5, 5.41) is 7.81. The van der Waals surface area contributed by atoms with Crippen LogP contribution in [0.3, 0.4) is 0 Å². The molecule has 0 fully saturated rings. The molecule has 0 saturated heterocycles. The Morgan fingerprint density at radius 1 is 1.33 bits per heavy atom. The van der Waals surface area contributed by atoms with Crippen molar-refractivity contribution in [3.05, 3.63) is 48.3 Å². The van der Waals surface area contributed by atoms with E-state index in [0.717, 1.165) is 18.7 Å². The first-order valence-electron chi connectivity index (χ1n) is 7.38. The summed E-state index contributed by atoms with van der Waals surface area (Å²) >= 11 is 0. The molecule has 0 aliphatic carbocycles. The molecule has 0 bridgehead atoms. The Balaban J connectivity index is 1.93. The van der Waals surface area contributed by atoms with Gasteiger partial charge in [0.1, 0.15) is 0 Å². The van der Waals surface area contributed by atoms with Gasteiger partial charge >= 0.3 is 0 Å². The van der Waals surface area contributed by atoms with E-state index in [9.17, 15) is 0 Å². The zero-order chi connectivity index (χ0) is 15.3. The number of nitrogens with one attached hydrogen (secondary N) is 1.